The van der Waals surface area contributed by atoms with Crippen LogP contribution in [0.1, 0.15) is 22.8 Å². The van der Waals surface area contributed by atoms with E-state index in [1.54, 1.807) is 25.6 Å². The Morgan fingerprint density at radius 1 is 1.03 bits per heavy atom. The smallest absolute Gasteiger partial charge is 0.272 e. The highest BCUT2D eigenvalue weighted by Crippen LogP contribution is 2.24. The quantitative estimate of drug-likeness (QED) is 0.399. The van der Waals surface area contributed by atoms with E-state index in [2.05, 4.69) is 20.5 Å². The number of nitrogens with one attached hydrogen (secondary N) is 1. The Morgan fingerprint density at radius 3 is 2.70 bits per heavy atom. The van der Waals surface area contributed by atoms with Gasteiger partial charge in [-0.1, -0.05) is 30.3 Å². The fourth-order valence-electron chi connectivity index (χ4n) is 3.13. The molecule has 1 amide bonds. The molecule has 0 saturated heterocycles. The molecule has 0 atom stereocenters. The number of aromatic nitrogens is 2. The molecule has 2 aromatic heterocycles. The van der Waals surface area contributed by atoms with E-state index in [9.17, 15) is 4.79 Å². The van der Waals surface area contributed by atoms with Crippen LogP contribution in [0.25, 0.3) is 22.2 Å². The van der Waals surface area contributed by atoms with Gasteiger partial charge in [0.05, 0.1) is 29.6 Å². The van der Waals surface area contributed by atoms with Crippen LogP contribution in [0.5, 0.6) is 5.75 Å². The predicted octanol–water partition coefficient (Wildman–Crippen LogP) is 4.46. The number of ether oxygens (including phenoxy) is 1. The number of nitrogens with zero attached hydrogens (tertiary/aromatic N) is 3. The SMILES string of the molecule is COc1cccc(/C(C)=N\NC(=O)c2cc(-c3cccnc3)nc3ccccc23)c1. The predicted molar refractivity (Wildman–Crippen MR) is 118 cm³/mol. The molecule has 1 N–H and O–H groups in total. The van der Waals surface area contributed by atoms with Gasteiger partial charge in [0.1, 0.15) is 5.75 Å². The first-order valence-corrected chi connectivity index (χ1v) is 9.45. The Kier molecular flexibility index (Phi) is 5.48. The third kappa shape index (κ3) is 4.03. The van der Waals surface area contributed by atoms with Crippen LogP contribution in [0.3, 0.4) is 0 Å². The van der Waals surface area contributed by atoms with E-state index in [-0.39, 0.29) is 5.91 Å². The summed E-state index contributed by atoms with van der Waals surface area (Å²) in [5.74, 6) is 0.426. The van der Waals surface area contributed by atoms with E-state index < -0.39 is 0 Å². The summed E-state index contributed by atoms with van der Waals surface area (Å²) in [7, 11) is 1.61. The molecule has 0 aliphatic rings. The van der Waals surface area contributed by atoms with Gasteiger partial charge < -0.3 is 4.74 Å². The number of pyridine rings is 2. The normalized spacial score (nSPS) is 11.3. The van der Waals surface area contributed by atoms with Crippen molar-refractivity contribution in [2.75, 3.05) is 7.11 Å². The van der Waals surface area contributed by atoms with Crippen LogP contribution in [0.2, 0.25) is 0 Å². The van der Waals surface area contributed by atoms with Crippen molar-refractivity contribution in [1.82, 2.24) is 15.4 Å². The minimum absolute atomic E-state index is 0.305. The molecule has 148 valence electrons. The highest BCUT2D eigenvalue weighted by molar-refractivity contribution is 6.08. The van der Waals surface area contributed by atoms with E-state index in [0.29, 0.717) is 17.0 Å². The van der Waals surface area contributed by atoms with Crippen molar-refractivity contribution < 1.29 is 9.53 Å². The van der Waals surface area contributed by atoms with E-state index >= 15 is 0 Å². The van der Waals surface area contributed by atoms with Crippen molar-refractivity contribution >= 4 is 22.5 Å². The fourth-order valence-corrected chi connectivity index (χ4v) is 3.13. The molecule has 4 aromatic rings. The highest BCUT2D eigenvalue weighted by Gasteiger charge is 2.14. The number of carbonyl (C=O) groups excluding carboxylic acids is 1. The summed E-state index contributed by atoms with van der Waals surface area (Å²) >= 11 is 0. The molecule has 0 aliphatic heterocycles. The molecular formula is C24H20N4O2. The lowest BCUT2D eigenvalue weighted by Crippen LogP contribution is -2.20. The van der Waals surface area contributed by atoms with Crippen molar-refractivity contribution in [2.24, 2.45) is 5.10 Å². The van der Waals surface area contributed by atoms with Crippen molar-refractivity contribution in [2.45, 2.75) is 6.92 Å². The maximum atomic E-state index is 13.0. The summed E-state index contributed by atoms with van der Waals surface area (Å²) in [5.41, 5.74) is 6.97. The van der Waals surface area contributed by atoms with E-state index in [4.69, 9.17) is 4.74 Å². The van der Waals surface area contributed by atoms with E-state index in [1.165, 1.54) is 0 Å². The van der Waals surface area contributed by atoms with Gasteiger partial charge >= 0.3 is 0 Å². The lowest BCUT2D eigenvalue weighted by atomic mass is 10.0. The van der Waals surface area contributed by atoms with Gasteiger partial charge in [-0.2, -0.15) is 5.10 Å². The molecule has 0 fully saturated rings. The zero-order valence-corrected chi connectivity index (χ0v) is 16.7. The van der Waals surface area contributed by atoms with Crippen LogP contribution >= 0.6 is 0 Å². The second kappa shape index (κ2) is 8.53. The van der Waals surface area contributed by atoms with Crippen LogP contribution in [0.4, 0.5) is 0 Å². The Morgan fingerprint density at radius 2 is 1.90 bits per heavy atom. The second-order valence-corrected chi connectivity index (χ2v) is 6.68. The van der Waals surface area contributed by atoms with Gasteiger partial charge in [0, 0.05) is 28.9 Å². The summed E-state index contributed by atoms with van der Waals surface area (Å²) in [5, 5.41) is 5.05. The Labute approximate surface area is 174 Å². The molecule has 30 heavy (non-hydrogen) atoms. The number of hydrazone groups is 1. The monoisotopic (exact) mass is 396 g/mol. The van der Waals surface area contributed by atoms with Gasteiger partial charge in [-0.15, -0.1) is 0 Å². The van der Waals surface area contributed by atoms with Crippen LogP contribution in [-0.4, -0.2) is 28.7 Å². The van der Waals surface area contributed by atoms with Gasteiger partial charge in [-0.25, -0.2) is 10.4 Å². The van der Waals surface area contributed by atoms with Crippen LogP contribution < -0.4 is 10.2 Å². The minimum Gasteiger partial charge on any atom is -0.497 e. The molecule has 0 saturated carbocycles. The summed E-state index contributed by atoms with van der Waals surface area (Å²) in [6.07, 6.45) is 3.43. The molecule has 0 aliphatic carbocycles. The second-order valence-electron chi connectivity index (χ2n) is 6.68. The number of hydrogen-bond acceptors (Lipinski definition) is 5. The van der Waals surface area contributed by atoms with Gasteiger partial charge in [-0.3, -0.25) is 9.78 Å². The van der Waals surface area contributed by atoms with Crippen LogP contribution in [-0.2, 0) is 0 Å². The van der Waals surface area contributed by atoms with E-state index in [0.717, 1.165) is 27.8 Å². The van der Waals surface area contributed by atoms with Gasteiger partial charge in [0.15, 0.2) is 0 Å². The molecule has 0 radical (unpaired) electrons. The van der Waals surface area contributed by atoms with Crippen LogP contribution in [0.15, 0.2) is 84.2 Å². The maximum Gasteiger partial charge on any atom is 0.272 e. The molecule has 0 spiro atoms. The van der Waals surface area contributed by atoms with Crippen molar-refractivity contribution in [3.05, 3.63) is 90.3 Å². The first-order valence-electron chi connectivity index (χ1n) is 9.45. The molecule has 6 heteroatoms. The van der Waals surface area contributed by atoms with Crippen molar-refractivity contribution in [1.29, 1.82) is 0 Å². The number of rotatable bonds is 5. The number of benzene rings is 2. The molecule has 2 heterocycles. The number of amides is 1. The fraction of sp³-hybridized carbons (Fsp3) is 0.0833. The van der Waals surface area contributed by atoms with Crippen molar-refractivity contribution in [3.63, 3.8) is 0 Å². The van der Waals surface area contributed by atoms with E-state index in [1.807, 2.05) is 67.6 Å². The summed E-state index contributed by atoms with van der Waals surface area (Å²) < 4.78 is 5.25. The molecule has 4 rings (SSSR count). The number of hydrogen-bond donors (Lipinski definition) is 1. The average molecular weight is 396 g/mol. The largest absolute Gasteiger partial charge is 0.497 e. The zero-order chi connectivity index (χ0) is 20.9. The molecule has 0 bridgehead atoms. The topological polar surface area (TPSA) is 76.5 Å². The first-order chi connectivity index (χ1) is 14.7. The third-order valence-corrected chi connectivity index (χ3v) is 4.73. The lowest BCUT2D eigenvalue weighted by Gasteiger charge is -2.09. The number of carbonyl (C=O) groups is 1. The van der Waals surface area contributed by atoms with Gasteiger partial charge in [0.25, 0.3) is 5.91 Å². The number of para-hydroxylation sites is 1. The Hall–Kier alpha value is -4.06. The maximum absolute atomic E-state index is 13.0. The Balaban J connectivity index is 1.68. The van der Waals surface area contributed by atoms with Crippen molar-refractivity contribution in [3.8, 4) is 17.0 Å². The lowest BCUT2D eigenvalue weighted by molar-refractivity contribution is 0.0956. The molecular weight excluding hydrogens is 376 g/mol. The third-order valence-electron chi connectivity index (χ3n) is 4.73. The van der Waals surface area contributed by atoms with Crippen LogP contribution in [0, 0.1) is 0 Å². The average Bonchev–Trinajstić information content (AvgIpc) is 2.82. The summed E-state index contributed by atoms with van der Waals surface area (Å²) in [4.78, 5) is 21.8. The summed E-state index contributed by atoms with van der Waals surface area (Å²) in [6, 6.07) is 20.6. The zero-order valence-electron chi connectivity index (χ0n) is 16.7. The molecule has 0 unspecified atom stereocenters. The van der Waals surface area contributed by atoms with Gasteiger partial charge in [0.2, 0.25) is 0 Å². The summed E-state index contributed by atoms with van der Waals surface area (Å²) in [6.45, 7) is 1.83. The minimum atomic E-state index is -0.305. The number of methoxy groups -OCH3 is 1. The molecule has 6 nitrogen and oxygen atoms in total. The van der Waals surface area contributed by atoms with Gasteiger partial charge in [-0.05, 0) is 43.3 Å². The highest BCUT2D eigenvalue weighted by atomic mass is 16.5. The standard InChI is InChI=1S/C24H20N4O2/c1-16(17-7-5-9-19(13-17)30-2)27-28-24(29)21-14-23(18-8-6-12-25-15-18)26-22-11-4-3-10-20(21)22/h3-15H,1-2H3,(H,28,29)/b27-16-. The number of fused-ring (bicyclic) bond motifs is 1. The first kappa shape index (κ1) is 19.3. The Bertz CT molecular complexity index is 1240. The molecule has 2 aromatic carbocycles.